The zero-order valence-corrected chi connectivity index (χ0v) is 14.5. The minimum absolute atomic E-state index is 0.00276. The fourth-order valence-electron chi connectivity index (χ4n) is 1.79. The fourth-order valence-corrected chi connectivity index (χ4v) is 3.10. The van der Waals surface area contributed by atoms with E-state index in [4.69, 9.17) is 0 Å². The number of anilines is 1. The number of hydrogen-bond donors (Lipinski definition) is 1. The van der Waals surface area contributed by atoms with Crippen molar-refractivity contribution >= 4 is 33.3 Å². The van der Waals surface area contributed by atoms with E-state index in [9.17, 15) is 26.4 Å². The van der Waals surface area contributed by atoms with E-state index in [-0.39, 0.29) is 11.5 Å². The molecule has 1 aromatic carbocycles. The van der Waals surface area contributed by atoms with E-state index in [2.05, 4.69) is 9.71 Å². The molecule has 1 N–H and O–H groups in total. The van der Waals surface area contributed by atoms with E-state index in [0.717, 1.165) is 30.3 Å². The first-order chi connectivity index (χ1) is 11.5. The second-order valence-electron chi connectivity index (χ2n) is 5.05. The minimum Gasteiger partial charge on any atom is -0.293 e. The van der Waals surface area contributed by atoms with Gasteiger partial charge in [0.2, 0.25) is 10.0 Å². The first-order valence-electron chi connectivity index (χ1n) is 6.82. The van der Waals surface area contributed by atoms with Crippen LogP contribution in [0.4, 0.5) is 18.9 Å². The maximum absolute atomic E-state index is 12.4. The fraction of sp³-hybridized carbons (Fsp3) is 0.200. The van der Waals surface area contributed by atoms with Gasteiger partial charge in [-0.25, -0.2) is 13.4 Å². The number of benzene rings is 1. The SMILES string of the molecule is CS(=O)(=O)Nc1ccc(C(=O)CSc2ccc(C(F)(F)F)cn2)cc1. The van der Waals surface area contributed by atoms with Crippen molar-refractivity contribution in [2.45, 2.75) is 11.2 Å². The number of halogens is 3. The Bertz CT molecular complexity index is 849. The third-order valence-corrected chi connectivity index (χ3v) is 4.48. The molecule has 134 valence electrons. The van der Waals surface area contributed by atoms with E-state index in [1.54, 1.807) is 0 Å². The molecule has 0 atom stereocenters. The molecule has 2 aromatic rings. The molecule has 0 saturated carbocycles. The molecule has 0 aliphatic carbocycles. The van der Waals surface area contributed by atoms with E-state index in [1.807, 2.05) is 0 Å². The Balaban J connectivity index is 1.96. The number of rotatable bonds is 6. The highest BCUT2D eigenvalue weighted by atomic mass is 32.2. The number of nitrogens with one attached hydrogen (secondary N) is 1. The molecule has 0 fully saturated rings. The highest BCUT2D eigenvalue weighted by Crippen LogP contribution is 2.29. The lowest BCUT2D eigenvalue weighted by molar-refractivity contribution is -0.137. The molecule has 0 spiro atoms. The van der Waals surface area contributed by atoms with Crippen LogP contribution in [0.3, 0.4) is 0 Å². The van der Waals surface area contributed by atoms with Crippen LogP contribution in [0.1, 0.15) is 15.9 Å². The van der Waals surface area contributed by atoms with E-state index >= 15 is 0 Å². The predicted octanol–water partition coefficient (Wildman–Crippen LogP) is 3.45. The molecule has 0 amide bonds. The van der Waals surface area contributed by atoms with Gasteiger partial charge in [0.05, 0.1) is 22.6 Å². The number of Topliss-reactive ketones (excluding diaryl/α,β-unsaturated/α-hetero) is 1. The van der Waals surface area contributed by atoms with Crippen molar-refractivity contribution in [3.8, 4) is 0 Å². The number of aromatic nitrogens is 1. The molecule has 0 unspecified atom stereocenters. The van der Waals surface area contributed by atoms with Crippen LogP contribution in [-0.2, 0) is 16.2 Å². The van der Waals surface area contributed by atoms with Gasteiger partial charge >= 0.3 is 6.18 Å². The largest absolute Gasteiger partial charge is 0.417 e. The molecular weight excluding hydrogens is 377 g/mol. The monoisotopic (exact) mass is 390 g/mol. The summed E-state index contributed by atoms with van der Waals surface area (Å²) in [5.74, 6) is -0.255. The summed E-state index contributed by atoms with van der Waals surface area (Å²) in [4.78, 5) is 15.8. The topological polar surface area (TPSA) is 76.1 Å². The molecular formula is C15H13F3N2O3S2. The molecule has 1 heterocycles. The van der Waals surface area contributed by atoms with E-state index < -0.39 is 21.8 Å². The Labute approximate surface area is 146 Å². The Hall–Kier alpha value is -2.07. The second-order valence-corrected chi connectivity index (χ2v) is 7.79. The van der Waals surface area contributed by atoms with Gasteiger partial charge in [-0.15, -0.1) is 0 Å². The average molecular weight is 390 g/mol. The molecule has 0 radical (unpaired) electrons. The molecule has 0 aliphatic rings. The summed E-state index contributed by atoms with van der Waals surface area (Å²) >= 11 is 1.02. The number of carbonyl (C=O) groups is 1. The number of nitrogens with zero attached hydrogens (tertiary/aromatic N) is 1. The van der Waals surface area contributed by atoms with Crippen LogP contribution in [-0.4, -0.2) is 31.2 Å². The van der Waals surface area contributed by atoms with Crippen molar-refractivity contribution < 1.29 is 26.4 Å². The van der Waals surface area contributed by atoms with Crippen molar-refractivity contribution in [2.24, 2.45) is 0 Å². The Kier molecular flexibility index (Phi) is 5.73. The van der Waals surface area contributed by atoms with Crippen LogP contribution in [0.15, 0.2) is 47.6 Å². The first-order valence-corrected chi connectivity index (χ1v) is 9.69. The molecule has 0 aliphatic heterocycles. The Morgan fingerprint density at radius 2 is 1.80 bits per heavy atom. The third kappa shape index (κ3) is 6.05. The molecule has 0 saturated heterocycles. The van der Waals surface area contributed by atoms with Gasteiger partial charge in [-0.1, -0.05) is 11.8 Å². The summed E-state index contributed by atoms with van der Waals surface area (Å²) < 4.78 is 61.8. The van der Waals surface area contributed by atoms with Gasteiger partial charge in [0, 0.05) is 17.4 Å². The van der Waals surface area contributed by atoms with Crippen molar-refractivity contribution in [2.75, 3.05) is 16.7 Å². The van der Waals surface area contributed by atoms with Crippen LogP contribution in [0.2, 0.25) is 0 Å². The molecule has 2 rings (SSSR count). The van der Waals surface area contributed by atoms with Crippen LogP contribution in [0.5, 0.6) is 0 Å². The number of hydrogen-bond acceptors (Lipinski definition) is 5. The van der Waals surface area contributed by atoms with Crippen LogP contribution < -0.4 is 4.72 Å². The molecule has 10 heteroatoms. The summed E-state index contributed by atoms with van der Waals surface area (Å²) in [6.45, 7) is 0. The van der Waals surface area contributed by atoms with Gasteiger partial charge in [0.25, 0.3) is 0 Å². The summed E-state index contributed by atoms with van der Waals surface area (Å²) in [5.41, 5.74) is -0.160. The zero-order valence-electron chi connectivity index (χ0n) is 12.9. The molecule has 1 aromatic heterocycles. The summed E-state index contributed by atoms with van der Waals surface area (Å²) in [5, 5.41) is 0.303. The maximum Gasteiger partial charge on any atom is 0.417 e. The molecule has 25 heavy (non-hydrogen) atoms. The average Bonchev–Trinajstić information content (AvgIpc) is 2.51. The number of alkyl halides is 3. The number of carbonyl (C=O) groups excluding carboxylic acids is 1. The normalized spacial score (nSPS) is 12.0. The van der Waals surface area contributed by atoms with Gasteiger partial charge in [-0.05, 0) is 36.4 Å². The predicted molar refractivity (Wildman–Crippen MR) is 89.2 cm³/mol. The highest BCUT2D eigenvalue weighted by Gasteiger charge is 2.30. The number of thioether (sulfide) groups is 1. The first kappa shape index (κ1) is 19.3. The van der Waals surface area contributed by atoms with Gasteiger partial charge < -0.3 is 0 Å². The highest BCUT2D eigenvalue weighted by molar-refractivity contribution is 7.99. The van der Waals surface area contributed by atoms with E-state index in [1.165, 1.54) is 30.3 Å². The standard InChI is InChI=1S/C15H13F3N2O3S2/c1-25(22,23)20-12-5-2-10(3-6-12)13(21)9-24-14-7-4-11(8-19-14)15(16,17)18/h2-8,20H,9H2,1H3. The number of pyridine rings is 1. The number of sulfonamides is 1. The lowest BCUT2D eigenvalue weighted by Crippen LogP contribution is -2.10. The lowest BCUT2D eigenvalue weighted by Gasteiger charge is -2.07. The maximum atomic E-state index is 12.4. The second kappa shape index (κ2) is 7.44. The quantitative estimate of drug-likeness (QED) is 0.604. The van der Waals surface area contributed by atoms with Gasteiger partial charge in [-0.2, -0.15) is 13.2 Å². The summed E-state index contributed by atoms with van der Waals surface area (Å²) in [6, 6.07) is 7.96. The van der Waals surface area contributed by atoms with Crippen molar-refractivity contribution in [3.63, 3.8) is 0 Å². The Morgan fingerprint density at radius 1 is 1.16 bits per heavy atom. The summed E-state index contributed by atoms with van der Waals surface area (Å²) in [7, 11) is -3.40. The molecule has 0 bridgehead atoms. The molecule has 5 nitrogen and oxygen atoms in total. The van der Waals surface area contributed by atoms with Gasteiger partial charge in [0.15, 0.2) is 5.78 Å². The number of ketones is 1. The van der Waals surface area contributed by atoms with Crippen LogP contribution in [0.25, 0.3) is 0 Å². The van der Waals surface area contributed by atoms with Crippen molar-refractivity contribution in [3.05, 3.63) is 53.7 Å². The van der Waals surface area contributed by atoms with Crippen molar-refractivity contribution in [1.82, 2.24) is 4.98 Å². The van der Waals surface area contributed by atoms with E-state index in [0.29, 0.717) is 16.3 Å². The van der Waals surface area contributed by atoms with Gasteiger partial charge in [-0.3, -0.25) is 9.52 Å². The van der Waals surface area contributed by atoms with Crippen LogP contribution >= 0.6 is 11.8 Å². The smallest absolute Gasteiger partial charge is 0.293 e. The third-order valence-electron chi connectivity index (χ3n) is 2.92. The lowest BCUT2D eigenvalue weighted by atomic mass is 10.1. The Morgan fingerprint density at radius 3 is 2.28 bits per heavy atom. The van der Waals surface area contributed by atoms with Gasteiger partial charge in [0.1, 0.15) is 0 Å². The summed E-state index contributed by atoms with van der Waals surface area (Å²) in [6.07, 6.45) is -2.72. The van der Waals surface area contributed by atoms with Crippen LogP contribution in [0, 0.1) is 0 Å². The minimum atomic E-state index is -4.45. The van der Waals surface area contributed by atoms with Crippen molar-refractivity contribution in [1.29, 1.82) is 0 Å². The zero-order chi connectivity index (χ0) is 18.7.